The smallest absolute Gasteiger partial charge is 0.325 e. The van der Waals surface area contributed by atoms with Gasteiger partial charge in [0.2, 0.25) is 0 Å². The maximum Gasteiger partial charge on any atom is 0.325 e. The Balaban J connectivity index is 1.87. The van der Waals surface area contributed by atoms with Gasteiger partial charge in [-0.15, -0.1) is 0 Å². The number of carbonyl (C=O) groups excluding carboxylic acids is 2. The Bertz CT molecular complexity index is 1340. The van der Waals surface area contributed by atoms with Crippen molar-refractivity contribution in [1.29, 1.82) is 0 Å². The van der Waals surface area contributed by atoms with Crippen LogP contribution in [-0.2, 0) is 16.1 Å². The summed E-state index contributed by atoms with van der Waals surface area (Å²) in [7, 11) is 1.33. The molecule has 0 atom stereocenters. The second kappa shape index (κ2) is 7.56. The van der Waals surface area contributed by atoms with Gasteiger partial charge in [0.25, 0.3) is 5.91 Å². The number of esters is 1. The molecule has 0 spiro atoms. The molecular weight excluding hydrogens is 388 g/mol. The number of fused-ring (bicyclic) bond motifs is 2. The highest BCUT2D eigenvalue weighted by Gasteiger charge is 2.15. The number of aromatic nitrogens is 3. The van der Waals surface area contributed by atoms with E-state index in [0.29, 0.717) is 15.8 Å². The maximum absolute atomic E-state index is 12.8. The lowest BCUT2D eigenvalue weighted by Gasteiger charge is -2.05. The molecule has 0 saturated heterocycles. The van der Waals surface area contributed by atoms with E-state index in [9.17, 15) is 9.59 Å². The van der Waals surface area contributed by atoms with Gasteiger partial charge in [0.15, 0.2) is 4.80 Å². The van der Waals surface area contributed by atoms with Crippen molar-refractivity contribution in [3.8, 4) is 0 Å². The van der Waals surface area contributed by atoms with Crippen LogP contribution < -0.4 is 4.80 Å². The zero-order chi connectivity index (χ0) is 20.5. The Morgan fingerprint density at radius 3 is 2.69 bits per heavy atom. The number of para-hydroxylation sites is 2. The van der Waals surface area contributed by atoms with Crippen LogP contribution in [0.15, 0.2) is 47.6 Å². The first-order valence-electron chi connectivity index (χ1n) is 8.94. The Morgan fingerprint density at radius 1 is 1.17 bits per heavy atom. The summed E-state index contributed by atoms with van der Waals surface area (Å²) in [5.41, 5.74) is 4.44. The molecule has 1 amide bonds. The fourth-order valence-electron chi connectivity index (χ4n) is 3.15. The van der Waals surface area contributed by atoms with Crippen LogP contribution in [0.4, 0.5) is 0 Å². The molecule has 0 saturated carbocycles. The first-order valence-corrected chi connectivity index (χ1v) is 9.76. The summed E-state index contributed by atoms with van der Waals surface area (Å²) in [4.78, 5) is 38.1. The molecule has 2 aromatic heterocycles. The van der Waals surface area contributed by atoms with Gasteiger partial charge in [-0.05, 0) is 43.2 Å². The minimum absolute atomic E-state index is 0.0328. The van der Waals surface area contributed by atoms with Gasteiger partial charge in [-0.3, -0.25) is 14.6 Å². The van der Waals surface area contributed by atoms with Crippen molar-refractivity contribution >= 4 is 44.5 Å². The molecule has 146 valence electrons. The molecule has 4 aromatic rings. The molecule has 0 aliphatic rings. The van der Waals surface area contributed by atoms with Gasteiger partial charge in [0, 0.05) is 0 Å². The lowest BCUT2D eigenvalue weighted by Crippen LogP contribution is -2.22. The molecular formula is C21H18N4O3S. The molecule has 0 fully saturated rings. The van der Waals surface area contributed by atoms with Crippen molar-refractivity contribution in [3.63, 3.8) is 0 Å². The number of amides is 1. The number of nitrogens with zero attached hydrogens (tertiary/aromatic N) is 4. The Labute approximate surface area is 170 Å². The van der Waals surface area contributed by atoms with Crippen LogP contribution in [0.1, 0.15) is 21.6 Å². The summed E-state index contributed by atoms with van der Waals surface area (Å²) >= 11 is 1.36. The van der Waals surface area contributed by atoms with E-state index < -0.39 is 11.9 Å². The second-order valence-electron chi connectivity index (χ2n) is 6.64. The topological polar surface area (TPSA) is 86.4 Å². The minimum Gasteiger partial charge on any atom is -0.468 e. The first kappa shape index (κ1) is 18.9. The zero-order valence-corrected chi connectivity index (χ0v) is 17.0. The van der Waals surface area contributed by atoms with Crippen LogP contribution >= 0.6 is 11.3 Å². The quantitative estimate of drug-likeness (QED) is 0.488. The number of methoxy groups -OCH3 is 1. The molecule has 0 aliphatic carbocycles. The number of carbonyl (C=O) groups is 2. The van der Waals surface area contributed by atoms with Gasteiger partial charge < -0.3 is 9.30 Å². The van der Waals surface area contributed by atoms with E-state index in [4.69, 9.17) is 4.74 Å². The van der Waals surface area contributed by atoms with E-state index in [0.717, 1.165) is 21.3 Å². The summed E-state index contributed by atoms with van der Waals surface area (Å²) < 4.78 is 7.50. The van der Waals surface area contributed by atoms with E-state index >= 15 is 0 Å². The van der Waals surface area contributed by atoms with E-state index in [1.54, 1.807) is 10.6 Å². The molecule has 0 N–H and O–H groups in total. The van der Waals surface area contributed by atoms with Crippen LogP contribution in [-0.4, -0.2) is 33.5 Å². The number of hydrogen-bond donors (Lipinski definition) is 0. The van der Waals surface area contributed by atoms with Gasteiger partial charge in [0.1, 0.15) is 12.2 Å². The highest BCUT2D eigenvalue weighted by Crippen LogP contribution is 2.23. The van der Waals surface area contributed by atoms with Crippen LogP contribution in [0.5, 0.6) is 0 Å². The maximum atomic E-state index is 12.8. The molecule has 4 rings (SSSR count). The molecule has 2 heterocycles. The SMILES string of the molecule is COC(=O)Cn1c(=NC(=O)c2cnc3ccccc3n2)sc2c(C)cc(C)cc21. The second-order valence-corrected chi connectivity index (χ2v) is 7.62. The molecule has 0 radical (unpaired) electrons. The zero-order valence-electron chi connectivity index (χ0n) is 16.2. The fraction of sp³-hybridized carbons (Fsp3) is 0.190. The normalized spacial score (nSPS) is 11.9. The average Bonchev–Trinajstić information content (AvgIpc) is 3.04. The predicted octanol–water partition coefficient (Wildman–Crippen LogP) is 3.18. The van der Waals surface area contributed by atoms with E-state index in [2.05, 4.69) is 21.0 Å². The van der Waals surface area contributed by atoms with Crippen LogP contribution in [0, 0.1) is 13.8 Å². The van der Waals surface area contributed by atoms with Crippen molar-refractivity contribution in [2.45, 2.75) is 20.4 Å². The van der Waals surface area contributed by atoms with Gasteiger partial charge in [0.05, 0.1) is 34.6 Å². The standard InChI is InChI=1S/C21H18N4O3S/c1-12-8-13(2)19-17(9-12)25(11-18(26)28-3)21(29-19)24-20(27)16-10-22-14-6-4-5-7-15(14)23-16/h4-10H,11H2,1-3H3. The number of aryl methyl sites for hydroxylation is 2. The third-order valence-electron chi connectivity index (χ3n) is 4.49. The summed E-state index contributed by atoms with van der Waals surface area (Å²) in [5.74, 6) is -0.925. The largest absolute Gasteiger partial charge is 0.468 e. The van der Waals surface area contributed by atoms with Crippen molar-refractivity contribution in [1.82, 2.24) is 14.5 Å². The lowest BCUT2D eigenvalue weighted by molar-refractivity contribution is -0.141. The minimum atomic E-state index is -0.511. The molecule has 0 aliphatic heterocycles. The monoisotopic (exact) mass is 406 g/mol. The average molecular weight is 406 g/mol. The number of rotatable bonds is 3. The van der Waals surface area contributed by atoms with Gasteiger partial charge in [-0.1, -0.05) is 29.5 Å². The number of ether oxygens (including phenoxy) is 1. The van der Waals surface area contributed by atoms with E-state index in [-0.39, 0.29) is 12.2 Å². The molecule has 0 bridgehead atoms. The summed E-state index contributed by atoms with van der Waals surface area (Å²) in [5, 5.41) is 0. The predicted molar refractivity (Wildman–Crippen MR) is 111 cm³/mol. The number of thiazole rings is 1. The lowest BCUT2D eigenvalue weighted by atomic mass is 10.1. The van der Waals surface area contributed by atoms with Gasteiger partial charge in [-0.2, -0.15) is 4.99 Å². The molecule has 8 heteroatoms. The third kappa shape index (κ3) is 3.66. The Kier molecular flexibility index (Phi) is 4.94. The van der Waals surface area contributed by atoms with Crippen LogP contribution in [0.2, 0.25) is 0 Å². The summed E-state index contributed by atoms with van der Waals surface area (Å²) in [6, 6.07) is 11.4. The van der Waals surface area contributed by atoms with Crippen molar-refractivity contribution in [2.75, 3.05) is 7.11 Å². The Hall–Kier alpha value is -3.39. The van der Waals surface area contributed by atoms with Crippen molar-refractivity contribution < 1.29 is 14.3 Å². The van der Waals surface area contributed by atoms with Gasteiger partial charge in [-0.25, -0.2) is 4.98 Å². The highest BCUT2D eigenvalue weighted by atomic mass is 32.1. The molecule has 2 aromatic carbocycles. The first-order chi connectivity index (χ1) is 14.0. The summed E-state index contributed by atoms with van der Waals surface area (Å²) in [6.07, 6.45) is 1.42. The van der Waals surface area contributed by atoms with Crippen LogP contribution in [0.25, 0.3) is 21.3 Å². The van der Waals surface area contributed by atoms with Crippen LogP contribution in [0.3, 0.4) is 0 Å². The summed E-state index contributed by atoms with van der Waals surface area (Å²) in [6.45, 7) is 3.95. The third-order valence-corrected chi connectivity index (χ3v) is 5.72. The van der Waals surface area contributed by atoms with E-state index in [1.807, 2.05) is 38.1 Å². The molecule has 29 heavy (non-hydrogen) atoms. The molecule has 0 unspecified atom stereocenters. The fourth-order valence-corrected chi connectivity index (χ4v) is 4.23. The Morgan fingerprint density at radius 2 is 1.93 bits per heavy atom. The van der Waals surface area contributed by atoms with Gasteiger partial charge >= 0.3 is 5.97 Å². The van der Waals surface area contributed by atoms with Crippen molar-refractivity contribution in [2.24, 2.45) is 4.99 Å². The number of benzene rings is 2. The number of hydrogen-bond acceptors (Lipinski definition) is 6. The van der Waals surface area contributed by atoms with E-state index in [1.165, 1.54) is 24.6 Å². The molecule has 7 nitrogen and oxygen atoms in total. The van der Waals surface area contributed by atoms with Crippen molar-refractivity contribution in [3.05, 3.63) is 64.2 Å². The highest BCUT2D eigenvalue weighted by molar-refractivity contribution is 7.16.